The number of nitrogens with one attached hydrogen (secondary N) is 1. The molecule has 19 heavy (non-hydrogen) atoms. The van der Waals surface area contributed by atoms with Gasteiger partial charge in [0.25, 0.3) is 0 Å². The molecule has 0 saturated carbocycles. The average Bonchev–Trinajstić information content (AvgIpc) is 2.85. The maximum absolute atomic E-state index is 12.3. The Kier molecular flexibility index (Phi) is 4.14. The first-order valence-electron chi connectivity index (χ1n) is 5.75. The molecular weight excluding hydrogens is 282 g/mol. The van der Waals surface area contributed by atoms with Gasteiger partial charge < -0.3 is 0 Å². The van der Waals surface area contributed by atoms with Gasteiger partial charge in [0.2, 0.25) is 10.0 Å². The molecule has 0 amide bonds. The summed E-state index contributed by atoms with van der Waals surface area (Å²) < 4.78 is 35.4. The van der Waals surface area contributed by atoms with Crippen LogP contribution in [-0.2, 0) is 21.4 Å². The summed E-state index contributed by atoms with van der Waals surface area (Å²) in [6.45, 7) is 1.88. The van der Waals surface area contributed by atoms with Crippen molar-refractivity contribution in [3.63, 3.8) is 0 Å². The van der Waals surface area contributed by atoms with Crippen molar-refractivity contribution >= 4 is 32.8 Å². The van der Waals surface area contributed by atoms with Gasteiger partial charge >= 0.3 is 0 Å². The van der Waals surface area contributed by atoms with Crippen LogP contribution in [0.15, 0.2) is 31.8 Å². The molecule has 0 fully saturated rings. The highest BCUT2D eigenvalue weighted by molar-refractivity contribution is 7.89. The van der Waals surface area contributed by atoms with Crippen LogP contribution in [-0.4, -0.2) is 14.5 Å². The fraction of sp³-hybridized carbons (Fsp3) is 0.333. The Morgan fingerprint density at radius 2 is 2.26 bits per heavy atom. The first kappa shape index (κ1) is 13.9. The highest BCUT2D eigenvalue weighted by Gasteiger charge is 2.24. The van der Waals surface area contributed by atoms with Crippen LogP contribution < -0.4 is 4.72 Å². The highest BCUT2D eigenvalue weighted by Crippen LogP contribution is 2.37. The van der Waals surface area contributed by atoms with Crippen molar-refractivity contribution in [3.05, 3.63) is 18.2 Å². The molecule has 5 nitrogen and oxygen atoms in total. The van der Waals surface area contributed by atoms with Gasteiger partial charge in [0.1, 0.15) is 16.3 Å². The SMILES string of the molecule is C#CCC(CC)NS(=O)(=O)c1cccc2c1N=S=N2. The molecule has 1 aromatic carbocycles. The molecule has 100 valence electrons. The Morgan fingerprint density at radius 3 is 2.95 bits per heavy atom. The van der Waals surface area contributed by atoms with E-state index in [0.717, 1.165) is 11.4 Å². The van der Waals surface area contributed by atoms with Gasteiger partial charge in [-0.25, -0.2) is 13.1 Å². The smallest absolute Gasteiger partial charge is 0.207 e. The van der Waals surface area contributed by atoms with Gasteiger partial charge in [0.15, 0.2) is 0 Å². The number of terminal acetylenes is 1. The van der Waals surface area contributed by atoms with Crippen LogP contribution in [0.5, 0.6) is 0 Å². The van der Waals surface area contributed by atoms with E-state index in [1.807, 2.05) is 6.92 Å². The number of hydrogen-bond acceptors (Lipinski definition) is 4. The molecule has 0 aromatic heterocycles. The second-order valence-corrected chi connectivity index (χ2v) is 6.23. The van der Waals surface area contributed by atoms with E-state index in [1.54, 1.807) is 12.1 Å². The summed E-state index contributed by atoms with van der Waals surface area (Å²) in [5.41, 5.74) is 0.980. The summed E-state index contributed by atoms with van der Waals surface area (Å²) in [7, 11) is -3.63. The quantitative estimate of drug-likeness (QED) is 0.861. The van der Waals surface area contributed by atoms with Crippen LogP contribution in [0, 0.1) is 12.3 Å². The van der Waals surface area contributed by atoms with E-state index >= 15 is 0 Å². The van der Waals surface area contributed by atoms with E-state index in [2.05, 4.69) is 19.4 Å². The van der Waals surface area contributed by atoms with E-state index in [0.29, 0.717) is 24.2 Å². The molecule has 1 heterocycles. The lowest BCUT2D eigenvalue weighted by atomic mass is 10.2. The fourth-order valence-electron chi connectivity index (χ4n) is 1.69. The molecule has 0 spiro atoms. The average molecular weight is 295 g/mol. The second kappa shape index (κ2) is 5.65. The normalized spacial score (nSPS) is 14.5. The van der Waals surface area contributed by atoms with Crippen molar-refractivity contribution in [2.75, 3.05) is 0 Å². The number of fused-ring (bicyclic) bond motifs is 1. The Labute approximate surface area is 116 Å². The third-order valence-electron chi connectivity index (χ3n) is 2.72. The van der Waals surface area contributed by atoms with E-state index in [4.69, 9.17) is 6.42 Å². The lowest BCUT2D eigenvalue weighted by Crippen LogP contribution is -2.34. The Balaban J connectivity index is 2.34. The minimum absolute atomic E-state index is 0.147. The first-order valence-corrected chi connectivity index (χ1v) is 7.97. The molecule has 1 unspecified atom stereocenters. The van der Waals surface area contributed by atoms with Gasteiger partial charge in [0, 0.05) is 12.5 Å². The molecule has 0 aliphatic carbocycles. The van der Waals surface area contributed by atoms with Crippen molar-refractivity contribution in [2.45, 2.75) is 30.7 Å². The molecular formula is C12H13N3O2S2. The minimum atomic E-state index is -3.63. The van der Waals surface area contributed by atoms with E-state index in [-0.39, 0.29) is 10.9 Å². The zero-order valence-electron chi connectivity index (χ0n) is 10.3. The van der Waals surface area contributed by atoms with Gasteiger partial charge in [-0.2, -0.15) is 8.73 Å². The van der Waals surface area contributed by atoms with Gasteiger partial charge in [-0.1, -0.05) is 13.0 Å². The Hall–Kier alpha value is -1.49. The number of nitrogens with zero attached hydrogens (tertiary/aromatic N) is 2. The Morgan fingerprint density at radius 1 is 1.47 bits per heavy atom. The number of rotatable bonds is 5. The van der Waals surface area contributed by atoms with Crippen LogP contribution in [0.1, 0.15) is 19.8 Å². The zero-order chi connectivity index (χ0) is 13.9. The zero-order valence-corrected chi connectivity index (χ0v) is 12.0. The topological polar surface area (TPSA) is 70.9 Å². The van der Waals surface area contributed by atoms with Crippen molar-refractivity contribution in [3.8, 4) is 12.3 Å². The Bertz CT molecular complexity index is 698. The summed E-state index contributed by atoms with van der Waals surface area (Å²) in [6, 6.07) is 4.64. The number of benzene rings is 1. The molecule has 1 atom stereocenters. The van der Waals surface area contributed by atoms with Gasteiger partial charge in [-0.3, -0.25) is 0 Å². The van der Waals surface area contributed by atoms with E-state index < -0.39 is 10.0 Å². The van der Waals surface area contributed by atoms with Crippen LogP contribution in [0.25, 0.3) is 0 Å². The number of sulfonamides is 1. The van der Waals surface area contributed by atoms with Crippen molar-refractivity contribution in [2.24, 2.45) is 8.73 Å². The lowest BCUT2D eigenvalue weighted by Gasteiger charge is -2.15. The molecule has 1 aliphatic rings. The van der Waals surface area contributed by atoms with Crippen LogP contribution in [0.2, 0.25) is 0 Å². The van der Waals surface area contributed by atoms with E-state index in [1.165, 1.54) is 6.07 Å². The standard InChI is InChI=1S/C12H13N3O2S2/c1-3-6-9(4-2)15-19(16,17)11-8-5-7-10-12(11)14-18-13-10/h1,5,7-9,15H,4,6H2,2H3. The van der Waals surface area contributed by atoms with Gasteiger partial charge in [-0.05, 0) is 18.6 Å². The maximum Gasteiger partial charge on any atom is 0.243 e. The van der Waals surface area contributed by atoms with Crippen molar-refractivity contribution < 1.29 is 8.42 Å². The van der Waals surface area contributed by atoms with Gasteiger partial charge in [-0.15, -0.1) is 12.3 Å². The molecule has 2 rings (SSSR count). The first-order chi connectivity index (χ1) is 9.08. The molecule has 1 N–H and O–H groups in total. The lowest BCUT2D eigenvalue weighted by molar-refractivity contribution is 0.544. The summed E-state index contributed by atoms with van der Waals surface area (Å²) in [5, 5.41) is 0. The fourth-order valence-corrected chi connectivity index (χ4v) is 3.78. The molecule has 7 heteroatoms. The van der Waals surface area contributed by atoms with Gasteiger partial charge in [0.05, 0.1) is 11.4 Å². The highest BCUT2D eigenvalue weighted by atomic mass is 32.2. The largest absolute Gasteiger partial charge is 0.243 e. The van der Waals surface area contributed by atoms with Crippen LogP contribution in [0.3, 0.4) is 0 Å². The monoisotopic (exact) mass is 295 g/mol. The maximum atomic E-state index is 12.3. The van der Waals surface area contributed by atoms with Crippen molar-refractivity contribution in [1.29, 1.82) is 0 Å². The molecule has 1 aromatic rings. The minimum Gasteiger partial charge on any atom is -0.207 e. The van der Waals surface area contributed by atoms with Crippen LogP contribution in [0.4, 0.5) is 11.4 Å². The van der Waals surface area contributed by atoms with E-state index in [9.17, 15) is 8.42 Å². The summed E-state index contributed by atoms with van der Waals surface area (Å²) in [5.74, 6) is 2.47. The predicted octanol–water partition coefficient (Wildman–Crippen LogP) is 2.49. The second-order valence-electron chi connectivity index (χ2n) is 4.02. The summed E-state index contributed by atoms with van der Waals surface area (Å²) in [4.78, 5) is 0.147. The third kappa shape index (κ3) is 2.92. The predicted molar refractivity (Wildman–Crippen MR) is 75.8 cm³/mol. The van der Waals surface area contributed by atoms with Crippen LogP contribution >= 0.6 is 0 Å². The summed E-state index contributed by atoms with van der Waals surface area (Å²) in [6.07, 6.45) is 6.23. The molecule has 1 aliphatic heterocycles. The third-order valence-corrected chi connectivity index (χ3v) is 4.81. The summed E-state index contributed by atoms with van der Waals surface area (Å²) >= 11 is 0.993. The molecule has 0 bridgehead atoms. The van der Waals surface area contributed by atoms with Crippen molar-refractivity contribution in [1.82, 2.24) is 4.72 Å². The molecule has 0 radical (unpaired) electrons. The number of hydrogen-bond donors (Lipinski definition) is 1. The molecule has 0 saturated heterocycles.